The molecule has 0 aliphatic rings. The topological polar surface area (TPSA) is 72.0 Å². The van der Waals surface area contributed by atoms with Gasteiger partial charge in [0.05, 0.1) is 12.4 Å². The van der Waals surface area contributed by atoms with Crippen LogP contribution < -0.4 is 4.72 Å². The average Bonchev–Trinajstić information content (AvgIpc) is 2.86. The molecule has 8 heteroatoms. The second-order valence-corrected chi connectivity index (χ2v) is 6.93. The van der Waals surface area contributed by atoms with Gasteiger partial charge in [0, 0.05) is 10.4 Å². The second-order valence-electron chi connectivity index (χ2n) is 3.97. The van der Waals surface area contributed by atoms with Crippen molar-refractivity contribution >= 4 is 48.7 Å². The molecule has 0 atom stereocenters. The zero-order valence-electron chi connectivity index (χ0n) is 9.95. The fraction of sp³-hybridized carbons (Fsp3) is 0. The minimum atomic E-state index is -3.71. The number of nitrogens with one attached hydrogen (secondary N) is 1. The van der Waals surface area contributed by atoms with Gasteiger partial charge >= 0.3 is 0 Å². The number of thiophene rings is 1. The van der Waals surface area contributed by atoms with Crippen molar-refractivity contribution in [2.75, 3.05) is 4.72 Å². The van der Waals surface area contributed by atoms with Crippen molar-refractivity contribution in [3.05, 3.63) is 47.3 Å². The van der Waals surface area contributed by atoms with Gasteiger partial charge in [0.25, 0.3) is 10.0 Å². The van der Waals surface area contributed by atoms with Gasteiger partial charge in [-0.2, -0.15) is 0 Å². The quantitative estimate of drug-likeness (QED) is 0.751. The van der Waals surface area contributed by atoms with Gasteiger partial charge in [-0.1, -0.05) is 0 Å². The first kappa shape index (κ1) is 13.3. The third-order valence-corrected chi connectivity index (χ3v) is 5.04. The van der Waals surface area contributed by atoms with E-state index in [1.54, 1.807) is 23.5 Å². The highest BCUT2D eigenvalue weighted by atomic mass is 35.5. The summed E-state index contributed by atoms with van der Waals surface area (Å²) in [5.41, 5.74) is 0.492. The summed E-state index contributed by atoms with van der Waals surface area (Å²) in [4.78, 5) is 7.30. The lowest BCUT2D eigenvalue weighted by Gasteiger charge is -2.07. The van der Waals surface area contributed by atoms with Crippen LogP contribution in [0.25, 0.3) is 10.1 Å². The van der Waals surface area contributed by atoms with Gasteiger partial charge in [-0.3, -0.25) is 4.72 Å². The summed E-state index contributed by atoms with van der Waals surface area (Å²) in [6.45, 7) is 0. The third-order valence-electron chi connectivity index (χ3n) is 2.61. The Bertz CT molecular complexity index is 860. The molecule has 102 valence electrons. The molecule has 2 aromatic heterocycles. The lowest BCUT2D eigenvalue weighted by atomic mass is 10.2. The summed E-state index contributed by atoms with van der Waals surface area (Å²) >= 11 is 7.14. The first-order valence-electron chi connectivity index (χ1n) is 5.52. The number of nitrogens with zero attached hydrogens (tertiary/aromatic N) is 2. The standard InChI is InChI=1S/C12H8ClN3O2S2/c13-12-14-6-10(7-15-12)20(17,18)16-9-1-2-11-8(5-9)3-4-19-11/h1-7,16H. The van der Waals surface area contributed by atoms with Crippen molar-refractivity contribution in [2.24, 2.45) is 0 Å². The predicted molar refractivity (Wildman–Crippen MR) is 79.7 cm³/mol. The van der Waals surface area contributed by atoms with E-state index in [4.69, 9.17) is 11.6 Å². The lowest BCUT2D eigenvalue weighted by Crippen LogP contribution is -2.13. The fourth-order valence-corrected chi connectivity index (χ4v) is 3.49. The van der Waals surface area contributed by atoms with Crippen LogP contribution in [0, 0.1) is 0 Å². The number of aromatic nitrogens is 2. The number of benzene rings is 1. The molecule has 0 saturated carbocycles. The number of halogens is 1. The van der Waals surface area contributed by atoms with Crippen LogP contribution in [0.3, 0.4) is 0 Å². The van der Waals surface area contributed by atoms with Gasteiger partial charge < -0.3 is 0 Å². The molecule has 0 bridgehead atoms. The summed E-state index contributed by atoms with van der Waals surface area (Å²) in [5, 5.41) is 2.95. The fourth-order valence-electron chi connectivity index (χ4n) is 1.68. The van der Waals surface area contributed by atoms with E-state index in [2.05, 4.69) is 14.7 Å². The van der Waals surface area contributed by atoms with Crippen LogP contribution in [0.4, 0.5) is 5.69 Å². The smallest absolute Gasteiger partial charge is 0.264 e. The molecule has 1 aromatic carbocycles. The first-order valence-corrected chi connectivity index (χ1v) is 8.26. The van der Waals surface area contributed by atoms with E-state index in [0.29, 0.717) is 5.69 Å². The Kier molecular flexibility index (Phi) is 3.33. The largest absolute Gasteiger partial charge is 0.280 e. The van der Waals surface area contributed by atoms with E-state index >= 15 is 0 Å². The van der Waals surface area contributed by atoms with Crippen LogP contribution >= 0.6 is 22.9 Å². The van der Waals surface area contributed by atoms with Crippen molar-refractivity contribution < 1.29 is 8.42 Å². The molecule has 0 spiro atoms. The number of hydrogen-bond donors (Lipinski definition) is 1. The van der Waals surface area contributed by atoms with Crippen LogP contribution in [0.15, 0.2) is 46.9 Å². The zero-order chi connectivity index (χ0) is 14.2. The van der Waals surface area contributed by atoms with Crippen molar-refractivity contribution in [3.8, 4) is 0 Å². The molecule has 0 aliphatic heterocycles. The lowest BCUT2D eigenvalue weighted by molar-refractivity contribution is 0.600. The van der Waals surface area contributed by atoms with Gasteiger partial charge in [-0.05, 0) is 46.6 Å². The van der Waals surface area contributed by atoms with Crippen LogP contribution in [-0.2, 0) is 10.0 Å². The number of sulfonamides is 1. The van der Waals surface area contributed by atoms with E-state index in [9.17, 15) is 8.42 Å². The Hall–Kier alpha value is -1.70. The number of rotatable bonds is 3. The minimum Gasteiger partial charge on any atom is -0.280 e. The van der Waals surface area contributed by atoms with E-state index < -0.39 is 10.0 Å². The zero-order valence-corrected chi connectivity index (χ0v) is 12.3. The van der Waals surface area contributed by atoms with Gasteiger partial charge in [0.2, 0.25) is 5.28 Å². The minimum absolute atomic E-state index is 0.00337. The van der Waals surface area contributed by atoms with Crippen molar-refractivity contribution in [1.29, 1.82) is 0 Å². The Morgan fingerprint density at radius 2 is 1.90 bits per heavy atom. The Morgan fingerprint density at radius 3 is 2.65 bits per heavy atom. The molecular weight excluding hydrogens is 318 g/mol. The van der Waals surface area contributed by atoms with Crippen molar-refractivity contribution in [1.82, 2.24) is 9.97 Å². The molecule has 0 amide bonds. The van der Waals surface area contributed by atoms with E-state index in [0.717, 1.165) is 10.1 Å². The average molecular weight is 326 g/mol. The maximum atomic E-state index is 12.2. The van der Waals surface area contributed by atoms with E-state index in [-0.39, 0.29) is 10.2 Å². The molecule has 0 radical (unpaired) electrons. The molecule has 0 aliphatic carbocycles. The molecule has 3 aromatic rings. The van der Waals surface area contributed by atoms with Gasteiger partial charge in [0.1, 0.15) is 4.90 Å². The van der Waals surface area contributed by atoms with E-state index in [1.165, 1.54) is 12.4 Å². The monoisotopic (exact) mass is 325 g/mol. The molecule has 2 heterocycles. The van der Waals surface area contributed by atoms with Gasteiger partial charge in [-0.25, -0.2) is 18.4 Å². The van der Waals surface area contributed by atoms with Crippen LogP contribution in [-0.4, -0.2) is 18.4 Å². The van der Waals surface area contributed by atoms with Crippen LogP contribution in [0.5, 0.6) is 0 Å². The molecule has 20 heavy (non-hydrogen) atoms. The highest BCUT2D eigenvalue weighted by molar-refractivity contribution is 7.92. The summed E-state index contributed by atoms with van der Waals surface area (Å²) < 4.78 is 27.9. The highest BCUT2D eigenvalue weighted by Gasteiger charge is 2.15. The normalized spacial score (nSPS) is 11.7. The maximum Gasteiger partial charge on any atom is 0.264 e. The molecule has 0 unspecified atom stereocenters. The summed E-state index contributed by atoms with van der Waals surface area (Å²) in [6.07, 6.45) is 2.33. The predicted octanol–water partition coefficient (Wildman–Crippen LogP) is 3.15. The molecule has 5 nitrogen and oxygen atoms in total. The maximum absolute atomic E-state index is 12.2. The Balaban J connectivity index is 1.94. The van der Waals surface area contributed by atoms with Gasteiger partial charge in [0.15, 0.2) is 0 Å². The number of anilines is 1. The van der Waals surface area contributed by atoms with Crippen molar-refractivity contribution in [2.45, 2.75) is 4.90 Å². The molecule has 3 rings (SSSR count). The number of fused-ring (bicyclic) bond motifs is 1. The molecule has 0 fully saturated rings. The van der Waals surface area contributed by atoms with Gasteiger partial charge in [-0.15, -0.1) is 11.3 Å². The molecular formula is C12H8ClN3O2S2. The SMILES string of the molecule is O=S(=O)(Nc1ccc2sccc2c1)c1cnc(Cl)nc1. The summed E-state index contributed by atoms with van der Waals surface area (Å²) in [6, 6.07) is 7.30. The molecule has 1 N–H and O–H groups in total. The van der Waals surface area contributed by atoms with E-state index in [1.807, 2.05) is 17.5 Å². The Labute approximate surface area is 124 Å². The van der Waals surface area contributed by atoms with Crippen LogP contribution in [0.1, 0.15) is 0 Å². The third kappa shape index (κ3) is 2.60. The highest BCUT2D eigenvalue weighted by Crippen LogP contribution is 2.25. The summed E-state index contributed by atoms with van der Waals surface area (Å²) in [7, 11) is -3.71. The number of hydrogen-bond acceptors (Lipinski definition) is 5. The summed E-state index contributed by atoms with van der Waals surface area (Å²) in [5.74, 6) is 0. The second kappa shape index (κ2) is 5.01. The van der Waals surface area contributed by atoms with Crippen LogP contribution in [0.2, 0.25) is 5.28 Å². The first-order chi connectivity index (χ1) is 9.54. The van der Waals surface area contributed by atoms with Crippen molar-refractivity contribution in [3.63, 3.8) is 0 Å². The molecule has 0 saturated heterocycles. The Morgan fingerprint density at radius 1 is 1.15 bits per heavy atom.